The molecule has 0 spiro atoms. The maximum atomic E-state index is 11.8. The minimum Gasteiger partial charge on any atom is -0.393 e. The van der Waals surface area contributed by atoms with E-state index in [1.54, 1.807) is 6.92 Å². The van der Waals surface area contributed by atoms with Gasteiger partial charge in [-0.15, -0.1) is 0 Å². The minimum absolute atomic E-state index is 0.0722. The molecule has 0 aliphatic heterocycles. The summed E-state index contributed by atoms with van der Waals surface area (Å²) in [5, 5.41) is 12.2. The third kappa shape index (κ3) is 6.53. The van der Waals surface area contributed by atoms with Gasteiger partial charge < -0.3 is 10.4 Å². The van der Waals surface area contributed by atoms with Crippen LogP contribution in [0, 0.1) is 12.8 Å². The van der Waals surface area contributed by atoms with E-state index in [0.29, 0.717) is 25.3 Å². The van der Waals surface area contributed by atoms with Gasteiger partial charge in [-0.2, -0.15) is 0 Å². The fourth-order valence-corrected chi connectivity index (χ4v) is 2.41. The standard InChI is InChI=1S/C16H24BrNO2/c1-11(8-13(3)19)10-18-16(20)7-5-14-4-6-15(17)12(2)9-14/h4,6,9,11,13,19H,5,7-8,10H2,1-3H3,(H,18,20)/t11-,13+/m0/s1. The van der Waals surface area contributed by atoms with Gasteiger partial charge in [-0.25, -0.2) is 0 Å². The Hall–Kier alpha value is -0.870. The van der Waals surface area contributed by atoms with Gasteiger partial charge in [0.25, 0.3) is 0 Å². The Kier molecular flexibility index (Phi) is 7.24. The van der Waals surface area contributed by atoms with Gasteiger partial charge in [0.1, 0.15) is 0 Å². The van der Waals surface area contributed by atoms with E-state index in [9.17, 15) is 9.90 Å². The summed E-state index contributed by atoms with van der Waals surface area (Å²) in [6.07, 6.45) is 1.66. The van der Waals surface area contributed by atoms with E-state index < -0.39 is 0 Å². The van der Waals surface area contributed by atoms with Crippen molar-refractivity contribution in [1.29, 1.82) is 0 Å². The summed E-state index contributed by atoms with van der Waals surface area (Å²) in [6.45, 7) is 6.48. The van der Waals surface area contributed by atoms with Crippen molar-refractivity contribution in [2.24, 2.45) is 5.92 Å². The topological polar surface area (TPSA) is 49.3 Å². The Bertz CT molecular complexity index is 446. The molecule has 1 amide bonds. The number of hydrogen-bond donors (Lipinski definition) is 2. The molecule has 20 heavy (non-hydrogen) atoms. The molecule has 1 rings (SSSR count). The second kappa shape index (κ2) is 8.42. The molecular formula is C16H24BrNO2. The number of hydrogen-bond acceptors (Lipinski definition) is 2. The zero-order valence-electron chi connectivity index (χ0n) is 12.4. The highest BCUT2D eigenvalue weighted by atomic mass is 79.9. The predicted octanol–water partition coefficient (Wildman–Crippen LogP) is 3.21. The normalized spacial score (nSPS) is 13.8. The second-order valence-corrected chi connectivity index (χ2v) is 6.43. The summed E-state index contributed by atoms with van der Waals surface area (Å²) in [5.74, 6) is 0.372. The van der Waals surface area contributed by atoms with Crippen LogP contribution in [-0.4, -0.2) is 23.7 Å². The van der Waals surface area contributed by atoms with Crippen LogP contribution in [-0.2, 0) is 11.2 Å². The summed E-state index contributed by atoms with van der Waals surface area (Å²) in [6, 6.07) is 6.17. The summed E-state index contributed by atoms with van der Waals surface area (Å²) in [7, 11) is 0. The largest absolute Gasteiger partial charge is 0.393 e. The van der Waals surface area contributed by atoms with Crippen molar-refractivity contribution in [1.82, 2.24) is 5.32 Å². The Labute approximate surface area is 129 Å². The lowest BCUT2D eigenvalue weighted by atomic mass is 10.0. The maximum Gasteiger partial charge on any atom is 0.220 e. The van der Waals surface area contributed by atoms with Crippen molar-refractivity contribution in [3.8, 4) is 0 Å². The number of nitrogens with one attached hydrogen (secondary N) is 1. The first-order chi connectivity index (χ1) is 9.38. The lowest BCUT2D eigenvalue weighted by molar-refractivity contribution is -0.121. The molecule has 0 aliphatic rings. The molecule has 0 heterocycles. The van der Waals surface area contributed by atoms with Crippen LogP contribution in [0.4, 0.5) is 0 Å². The maximum absolute atomic E-state index is 11.8. The average Bonchev–Trinajstić information content (AvgIpc) is 2.37. The molecular weight excluding hydrogens is 318 g/mol. The van der Waals surface area contributed by atoms with Crippen LogP contribution in [0.1, 0.15) is 37.8 Å². The first kappa shape index (κ1) is 17.2. The number of benzene rings is 1. The van der Waals surface area contributed by atoms with Crippen molar-refractivity contribution < 1.29 is 9.90 Å². The van der Waals surface area contributed by atoms with Crippen molar-refractivity contribution in [3.63, 3.8) is 0 Å². The van der Waals surface area contributed by atoms with E-state index in [0.717, 1.165) is 10.9 Å². The molecule has 0 fully saturated rings. The van der Waals surface area contributed by atoms with Gasteiger partial charge in [-0.05, 0) is 49.8 Å². The van der Waals surface area contributed by atoms with Gasteiger partial charge in [-0.3, -0.25) is 4.79 Å². The highest BCUT2D eigenvalue weighted by Crippen LogP contribution is 2.17. The van der Waals surface area contributed by atoms with Crippen LogP contribution in [0.3, 0.4) is 0 Å². The molecule has 2 N–H and O–H groups in total. The second-order valence-electron chi connectivity index (χ2n) is 5.58. The first-order valence-corrected chi connectivity index (χ1v) is 7.87. The lowest BCUT2D eigenvalue weighted by Gasteiger charge is -2.14. The van der Waals surface area contributed by atoms with Crippen LogP contribution in [0.5, 0.6) is 0 Å². The first-order valence-electron chi connectivity index (χ1n) is 7.08. The molecule has 0 radical (unpaired) electrons. The number of rotatable bonds is 7. The summed E-state index contributed by atoms with van der Waals surface area (Å²) >= 11 is 3.47. The monoisotopic (exact) mass is 341 g/mol. The van der Waals surface area contributed by atoms with E-state index >= 15 is 0 Å². The van der Waals surface area contributed by atoms with Gasteiger partial charge in [0.05, 0.1) is 6.10 Å². The summed E-state index contributed by atoms with van der Waals surface area (Å²) in [4.78, 5) is 11.8. The smallest absolute Gasteiger partial charge is 0.220 e. The quantitative estimate of drug-likeness (QED) is 0.799. The molecule has 2 atom stereocenters. The molecule has 0 aromatic heterocycles. The van der Waals surface area contributed by atoms with Crippen molar-refractivity contribution in [2.45, 2.75) is 46.1 Å². The number of carbonyl (C=O) groups excluding carboxylic acids is 1. The average molecular weight is 342 g/mol. The predicted molar refractivity (Wildman–Crippen MR) is 85.7 cm³/mol. The number of carbonyl (C=O) groups is 1. The minimum atomic E-state index is -0.312. The molecule has 0 saturated carbocycles. The van der Waals surface area contributed by atoms with Crippen LogP contribution in [0.2, 0.25) is 0 Å². The Balaban J connectivity index is 2.31. The third-order valence-corrected chi connectivity index (χ3v) is 4.14. The Morgan fingerprint density at radius 3 is 2.70 bits per heavy atom. The number of amides is 1. The van der Waals surface area contributed by atoms with Crippen LogP contribution in [0.25, 0.3) is 0 Å². The summed E-state index contributed by atoms with van der Waals surface area (Å²) < 4.78 is 1.10. The molecule has 0 saturated heterocycles. The van der Waals surface area contributed by atoms with Crippen LogP contribution in [0.15, 0.2) is 22.7 Å². The Morgan fingerprint density at radius 1 is 1.40 bits per heavy atom. The molecule has 112 valence electrons. The van der Waals surface area contributed by atoms with Crippen molar-refractivity contribution >= 4 is 21.8 Å². The molecule has 0 unspecified atom stereocenters. The number of aliphatic hydroxyl groups excluding tert-OH is 1. The molecule has 0 aliphatic carbocycles. The number of aryl methyl sites for hydroxylation is 2. The molecule has 4 heteroatoms. The van der Waals surface area contributed by atoms with Crippen molar-refractivity contribution in [2.75, 3.05) is 6.54 Å². The van der Waals surface area contributed by atoms with Crippen molar-refractivity contribution in [3.05, 3.63) is 33.8 Å². The summed E-state index contributed by atoms with van der Waals surface area (Å²) in [5.41, 5.74) is 2.37. The zero-order valence-corrected chi connectivity index (χ0v) is 14.0. The highest BCUT2D eigenvalue weighted by Gasteiger charge is 2.08. The van der Waals surface area contributed by atoms with Crippen LogP contribution >= 0.6 is 15.9 Å². The van der Waals surface area contributed by atoms with Gasteiger partial charge >= 0.3 is 0 Å². The van der Waals surface area contributed by atoms with E-state index in [-0.39, 0.29) is 12.0 Å². The van der Waals surface area contributed by atoms with Gasteiger partial charge in [-0.1, -0.05) is 35.0 Å². The van der Waals surface area contributed by atoms with E-state index in [1.165, 1.54) is 11.1 Å². The number of halogens is 1. The highest BCUT2D eigenvalue weighted by molar-refractivity contribution is 9.10. The van der Waals surface area contributed by atoms with Gasteiger partial charge in [0, 0.05) is 17.4 Å². The fraction of sp³-hybridized carbons (Fsp3) is 0.562. The molecule has 1 aromatic rings. The molecule has 1 aromatic carbocycles. The number of aliphatic hydroxyl groups is 1. The molecule has 3 nitrogen and oxygen atoms in total. The van der Waals surface area contributed by atoms with E-state index in [2.05, 4.69) is 27.3 Å². The SMILES string of the molecule is Cc1cc(CCC(=O)NC[C@@H](C)C[C@@H](C)O)ccc1Br. The van der Waals surface area contributed by atoms with E-state index in [1.807, 2.05) is 26.0 Å². The zero-order chi connectivity index (χ0) is 15.1. The lowest BCUT2D eigenvalue weighted by Crippen LogP contribution is -2.29. The molecule has 0 bridgehead atoms. The van der Waals surface area contributed by atoms with Crippen LogP contribution < -0.4 is 5.32 Å². The Morgan fingerprint density at radius 2 is 2.10 bits per heavy atom. The van der Waals surface area contributed by atoms with Gasteiger partial charge in [0.15, 0.2) is 0 Å². The van der Waals surface area contributed by atoms with E-state index in [4.69, 9.17) is 0 Å². The van der Waals surface area contributed by atoms with Gasteiger partial charge in [0.2, 0.25) is 5.91 Å². The fourth-order valence-electron chi connectivity index (χ4n) is 2.16. The third-order valence-electron chi connectivity index (χ3n) is 3.25.